The monoisotopic (exact) mass is 402 g/mol. The molecule has 0 aromatic heterocycles. The Kier molecular flexibility index (Phi) is 6.59. The summed E-state index contributed by atoms with van der Waals surface area (Å²) in [5, 5.41) is 0.484. The van der Waals surface area contributed by atoms with E-state index < -0.39 is 10.0 Å². The summed E-state index contributed by atoms with van der Waals surface area (Å²) in [6.45, 7) is 4.71. The number of likely N-dealkylation sites (tertiary alicyclic amines) is 1. The van der Waals surface area contributed by atoms with Crippen LogP contribution in [-0.4, -0.2) is 49.1 Å². The lowest BCUT2D eigenvalue weighted by Gasteiger charge is -2.43. The minimum Gasteiger partial charge on any atom is -0.296 e. The number of rotatable bonds is 5. The van der Waals surface area contributed by atoms with E-state index in [0.29, 0.717) is 30.1 Å². The Balaban J connectivity index is 1.66. The molecule has 3 rings (SSSR count). The van der Waals surface area contributed by atoms with E-state index in [1.807, 2.05) is 0 Å². The molecule has 2 aliphatic rings. The molecule has 0 amide bonds. The van der Waals surface area contributed by atoms with Gasteiger partial charge >= 0.3 is 0 Å². The fraction of sp³-hybridized carbons (Fsp3) is 0.684. The van der Waals surface area contributed by atoms with Gasteiger partial charge < -0.3 is 0 Å². The first kappa shape index (κ1) is 20.1. The Morgan fingerprint density at radius 3 is 2.54 bits per heavy atom. The number of halogens is 2. The zero-order valence-electron chi connectivity index (χ0n) is 15.3. The Morgan fingerprint density at radius 2 is 1.88 bits per heavy atom. The van der Waals surface area contributed by atoms with Gasteiger partial charge in [0.05, 0.1) is 5.75 Å². The highest BCUT2D eigenvalue weighted by atomic mass is 35.5. The molecule has 0 radical (unpaired) electrons. The van der Waals surface area contributed by atoms with E-state index in [-0.39, 0.29) is 11.6 Å². The molecule has 0 saturated carbocycles. The second-order valence-electron chi connectivity index (χ2n) is 7.41. The molecule has 7 heteroatoms. The molecular weight excluding hydrogens is 375 g/mol. The lowest BCUT2D eigenvalue weighted by Crippen LogP contribution is -2.48. The number of nitrogens with zero attached hydrogens (tertiary/aromatic N) is 2. The summed E-state index contributed by atoms with van der Waals surface area (Å²) in [6, 6.07) is 5.08. The SMILES string of the molecule is CCS(=O)(=O)N1CCC(C2CCCCN2Cc2ccc(F)cc2Cl)CC1. The molecule has 0 spiro atoms. The minimum absolute atomic E-state index is 0.177. The predicted octanol–water partition coefficient (Wildman–Crippen LogP) is 3.90. The summed E-state index contributed by atoms with van der Waals surface area (Å²) in [7, 11) is -3.08. The molecule has 1 aromatic rings. The van der Waals surface area contributed by atoms with Crippen LogP contribution in [0.15, 0.2) is 18.2 Å². The van der Waals surface area contributed by atoms with Gasteiger partial charge in [-0.2, -0.15) is 0 Å². The summed E-state index contributed by atoms with van der Waals surface area (Å²) < 4.78 is 39.1. The largest absolute Gasteiger partial charge is 0.296 e. The van der Waals surface area contributed by atoms with Gasteiger partial charge in [0, 0.05) is 30.7 Å². The Bertz CT molecular complexity index is 720. The van der Waals surface area contributed by atoms with Gasteiger partial charge in [0.1, 0.15) is 5.82 Å². The molecular formula is C19H28ClFN2O2S. The topological polar surface area (TPSA) is 40.6 Å². The van der Waals surface area contributed by atoms with E-state index in [1.54, 1.807) is 17.3 Å². The van der Waals surface area contributed by atoms with E-state index >= 15 is 0 Å². The number of piperidine rings is 2. The maximum atomic E-state index is 13.3. The highest BCUT2D eigenvalue weighted by Crippen LogP contribution is 2.33. The van der Waals surface area contributed by atoms with Crippen LogP contribution in [0.1, 0.15) is 44.6 Å². The first-order valence-corrected chi connectivity index (χ1v) is 11.5. The van der Waals surface area contributed by atoms with Gasteiger partial charge in [0.2, 0.25) is 10.0 Å². The summed E-state index contributed by atoms with van der Waals surface area (Å²) in [6.07, 6.45) is 5.35. The van der Waals surface area contributed by atoms with Crippen molar-refractivity contribution in [2.45, 2.75) is 51.6 Å². The van der Waals surface area contributed by atoms with Gasteiger partial charge in [-0.1, -0.05) is 24.1 Å². The molecule has 2 saturated heterocycles. The summed E-state index contributed by atoms with van der Waals surface area (Å²) in [5.74, 6) is 0.382. The summed E-state index contributed by atoms with van der Waals surface area (Å²) in [5.41, 5.74) is 0.964. The van der Waals surface area contributed by atoms with Crippen LogP contribution >= 0.6 is 11.6 Å². The average molecular weight is 403 g/mol. The van der Waals surface area contributed by atoms with Crippen molar-refractivity contribution in [3.05, 3.63) is 34.6 Å². The number of benzene rings is 1. The molecule has 146 valence electrons. The Labute approximate surface area is 161 Å². The van der Waals surface area contributed by atoms with E-state index in [2.05, 4.69) is 4.90 Å². The fourth-order valence-electron chi connectivity index (χ4n) is 4.34. The molecule has 2 heterocycles. The molecule has 1 atom stereocenters. The van der Waals surface area contributed by atoms with E-state index in [1.165, 1.54) is 25.0 Å². The van der Waals surface area contributed by atoms with Crippen molar-refractivity contribution in [1.29, 1.82) is 0 Å². The first-order chi connectivity index (χ1) is 12.4. The van der Waals surface area contributed by atoms with Crippen molar-refractivity contribution in [3.63, 3.8) is 0 Å². The quantitative estimate of drug-likeness (QED) is 0.750. The lowest BCUT2D eigenvalue weighted by molar-refractivity contribution is 0.0684. The smallest absolute Gasteiger partial charge is 0.213 e. The first-order valence-electron chi connectivity index (χ1n) is 9.56. The molecule has 1 aromatic carbocycles. The van der Waals surface area contributed by atoms with Crippen LogP contribution in [0.2, 0.25) is 5.02 Å². The van der Waals surface area contributed by atoms with E-state index in [9.17, 15) is 12.8 Å². The van der Waals surface area contributed by atoms with Crippen molar-refractivity contribution in [2.75, 3.05) is 25.4 Å². The van der Waals surface area contributed by atoms with Crippen LogP contribution in [0.4, 0.5) is 4.39 Å². The molecule has 0 aliphatic carbocycles. The van der Waals surface area contributed by atoms with E-state index in [4.69, 9.17) is 11.6 Å². The van der Waals surface area contributed by atoms with Crippen LogP contribution < -0.4 is 0 Å². The van der Waals surface area contributed by atoms with Gasteiger partial charge in [0.25, 0.3) is 0 Å². The van der Waals surface area contributed by atoms with Crippen molar-refractivity contribution in [3.8, 4) is 0 Å². The third kappa shape index (κ3) is 4.58. The molecule has 1 unspecified atom stereocenters. The standard InChI is InChI=1S/C19H28ClFN2O2S/c1-2-26(24,25)23-11-8-15(9-12-23)19-5-3-4-10-22(19)14-16-6-7-17(21)13-18(16)20/h6-7,13,15,19H,2-5,8-12,14H2,1H3. The highest BCUT2D eigenvalue weighted by molar-refractivity contribution is 7.89. The normalized spacial score (nSPS) is 24.0. The molecule has 0 N–H and O–H groups in total. The number of hydrogen-bond donors (Lipinski definition) is 0. The molecule has 2 aliphatic heterocycles. The highest BCUT2D eigenvalue weighted by Gasteiger charge is 2.34. The maximum absolute atomic E-state index is 13.3. The zero-order valence-corrected chi connectivity index (χ0v) is 16.9. The number of hydrogen-bond acceptors (Lipinski definition) is 3. The average Bonchev–Trinajstić information content (AvgIpc) is 2.64. The molecule has 0 bridgehead atoms. The van der Waals surface area contributed by atoms with Gasteiger partial charge in [-0.3, -0.25) is 4.90 Å². The summed E-state index contributed by atoms with van der Waals surface area (Å²) >= 11 is 6.23. The summed E-state index contributed by atoms with van der Waals surface area (Å²) in [4.78, 5) is 2.47. The van der Waals surface area contributed by atoms with Gasteiger partial charge in [0.15, 0.2) is 0 Å². The van der Waals surface area contributed by atoms with Crippen LogP contribution in [0.3, 0.4) is 0 Å². The van der Waals surface area contributed by atoms with Crippen molar-refractivity contribution >= 4 is 21.6 Å². The third-order valence-electron chi connectivity index (χ3n) is 5.85. The minimum atomic E-state index is -3.08. The second kappa shape index (κ2) is 8.55. The van der Waals surface area contributed by atoms with Crippen molar-refractivity contribution in [2.24, 2.45) is 5.92 Å². The van der Waals surface area contributed by atoms with Crippen molar-refractivity contribution in [1.82, 2.24) is 9.21 Å². The Morgan fingerprint density at radius 1 is 1.15 bits per heavy atom. The second-order valence-corrected chi connectivity index (χ2v) is 10.1. The lowest BCUT2D eigenvalue weighted by atomic mass is 9.84. The third-order valence-corrected chi connectivity index (χ3v) is 8.09. The van der Waals surface area contributed by atoms with E-state index in [0.717, 1.165) is 37.9 Å². The van der Waals surface area contributed by atoms with Crippen LogP contribution in [0.5, 0.6) is 0 Å². The Hall–Kier alpha value is -0.690. The number of sulfonamides is 1. The van der Waals surface area contributed by atoms with Crippen LogP contribution in [0.25, 0.3) is 0 Å². The van der Waals surface area contributed by atoms with Gasteiger partial charge in [-0.05, 0) is 62.8 Å². The van der Waals surface area contributed by atoms with Gasteiger partial charge in [-0.25, -0.2) is 17.1 Å². The molecule has 26 heavy (non-hydrogen) atoms. The van der Waals surface area contributed by atoms with Gasteiger partial charge in [-0.15, -0.1) is 0 Å². The maximum Gasteiger partial charge on any atom is 0.213 e. The van der Waals surface area contributed by atoms with Crippen LogP contribution in [-0.2, 0) is 16.6 Å². The predicted molar refractivity (Wildman–Crippen MR) is 103 cm³/mol. The fourth-order valence-corrected chi connectivity index (χ4v) is 5.70. The van der Waals surface area contributed by atoms with Crippen molar-refractivity contribution < 1.29 is 12.8 Å². The molecule has 2 fully saturated rings. The molecule has 4 nitrogen and oxygen atoms in total. The zero-order chi connectivity index (χ0) is 18.7. The van der Waals surface area contributed by atoms with Crippen LogP contribution in [0, 0.1) is 11.7 Å².